The van der Waals surface area contributed by atoms with Crippen molar-refractivity contribution in [2.45, 2.75) is 45.6 Å². The maximum atomic E-state index is 15.0. The summed E-state index contributed by atoms with van der Waals surface area (Å²) in [5, 5.41) is 0.916. The van der Waals surface area contributed by atoms with Crippen molar-refractivity contribution in [3.63, 3.8) is 0 Å². The molecule has 1 aliphatic rings. The van der Waals surface area contributed by atoms with Gasteiger partial charge < -0.3 is 5.73 Å². The van der Waals surface area contributed by atoms with E-state index in [1.54, 1.807) is 12.1 Å². The van der Waals surface area contributed by atoms with Gasteiger partial charge in [0.1, 0.15) is 0 Å². The first-order valence-electron chi connectivity index (χ1n) is 6.91. The molecule has 0 spiro atoms. The number of nitrogens with zero attached hydrogens (tertiary/aromatic N) is 1. The first-order chi connectivity index (χ1) is 8.93. The van der Waals surface area contributed by atoms with Crippen molar-refractivity contribution in [2.24, 2.45) is 5.92 Å². The van der Waals surface area contributed by atoms with E-state index in [1.165, 1.54) is 0 Å². The van der Waals surface area contributed by atoms with E-state index >= 15 is 4.48 Å². The third-order valence-electron chi connectivity index (χ3n) is 4.36. The van der Waals surface area contributed by atoms with Gasteiger partial charge >= 0.3 is 0 Å². The van der Waals surface area contributed by atoms with Gasteiger partial charge in [0.25, 0.3) is 0 Å². The summed E-state index contributed by atoms with van der Waals surface area (Å²) in [5.41, 5.74) is 8.31. The maximum absolute atomic E-state index is 15.0. The predicted octanol–water partition coefficient (Wildman–Crippen LogP) is 4.40. The molecule has 1 atom stereocenters. The number of nitrogens with two attached hydrogens (primary N) is 1. The van der Waals surface area contributed by atoms with E-state index in [9.17, 15) is 0 Å². The molecule has 1 aromatic rings. The van der Waals surface area contributed by atoms with Crippen molar-refractivity contribution in [1.82, 2.24) is 0 Å². The molecule has 0 heterocycles. The zero-order chi connectivity index (χ0) is 14.2. The van der Waals surface area contributed by atoms with Crippen LogP contribution < -0.4 is 10.9 Å². The highest BCUT2D eigenvalue weighted by atomic mass is 19.2. The number of anilines is 2. The van der Waals surface area contributed by atoms with Crippen LogP contribution in [0.5, 0.6) is 0 Å². The van der Waals surface area contributed by atoms with Crippen LogP contribution in [0.2, 0.25) is 0 Å². The average Bonchev–Trinajstić information content (AvgIpc) is 3.18. The molecule has 2 nitrogen and oxygen atoms in total. The highest BCUT2D eigenvalue weighted by Gasteiger charge is 2.50. The van der Waals surface area contributed by atoms with Crippen LogP contribution in [0.1, 0.15) is 38.7 Å². The lowest BCUT2D eigenvalue weighted by Gasteiger charge is -2.40. The van der Waals surface area contributed by atoms with Crippen LogP contribution in [0.15, 0.2) is 30.4 Å². The molecule has 104 valence electrons. The van der Waals surface area contributed by atoms with Gasteiger partial charge in [-0.15, -0.1) is 0 Å². The van der Waals surface area contributed by atoms with Gasteiger partial charge in [-0.1, -0.05) is 23.6 Å². The van der Waals surface area contributed by atoms with E-state index in [-0.39, 0.29) is 0 Å². The minimum atomic E-state index is -0.567. The predicted molar refractivity (Wildman–Crippen MR) is 79.7 cm³/mol. The van der Waals surface area contributed by atoms with Gasteiger partial charge in [-0.05, 0) is 62.8 Å². The maximum Gasteiger partial charge on any atom is 0.0952 e. The largest absolute Gasteiger partial charge is 0.399 e. The van der Waals surface area contributed by atoms with Crippen LogP contribution in [-0.4, -0.2) is 5.54 Å². The summed E-state index contributed by atoms with van der Waals surface area (Å²) in [4.78, 5) is 0. The molecule has 1 aliphatic carbocycles. The molecular weight excluding hydrogens is 239 g/mol. The van der Waals surface area contributed by atoms with Crippen molar-refractivity contribution >= 4 is 11.4 Å². The first kappa shape index (κ1) is 13.9. The lowest BCUT2D eigenvalue weighted by Crippen LogP contribution is -2.47. The molecule has 1 aromatic carbocycles. The highest BCUT2D eigenvalue weighted by Crippen LogP contribution is 2.50. The van der Waals surface area contributed by atoms with E-state index in [0.717, 1.165) is 35.5 Å². The molecule has 0 radical (unpaired) electrons. The van der Waals surface area contributed by atoms with Crippen molar-refractivity contribution in [1.29, 1.82) is 0 Å². The minimum Gasteiger partial charge on any atom is -0.399 e. The minimum absolute atomic E-state index is 0.373. The molecule has 2 N–H and O–H groups in total. The Morgan fingerprint density at radius 3 is 2.58 bits per heavy atom. The van der Waals surface area contributed by atoms with Crippen LogP contribution >= 0.6 is 0 Å². The van der Waals surface area contributed by atoms with Crippen LogP contribution in [0, 0.1) is 12.8 Å². The normalized spacial score (nSPS) is 17.9. The van der Waals surface area contributed by atoms with Crippen LogP contribution in [-0.2, 0) is 0 Å². The number of benzene rings is 1. The van der Waals surface area contributed by atoms with Gasteiger partial charge in [-0.2, -0.15) is 0 Å². The average molecular weight is 262 g/mol. The summed E-state index contributed by atoms with van der Waals surface area (Å²) < 4.78 is 15.0. The zero-order valence-electron chi connectivity index (χ0n) is 12.0. The van der Waals surface area contributed by atoms with Crippen LogP contribution in [0.3, 0.4) is 0 Å². The SMILES string of the molecule is C=C(C)C(CC)(C1CC1)N(F)c1ccc(N)c(C)c1. The highest BCUT2D eigenvalue weighted by molar-refractivity contribution is 5.59. The van der Waals surface area contributed by atoms with Gasteiger partial charge in [-0.25, -0.2) is 5.12 Å². The Hall–Kier alpha value is -1.51. The second-order valence-electron chi connectivity index (χ2n) is 5.65. The molecule has 0 saturated heterocycles. The quantitative estimate of drug-likeness (QED) is 0.484. The van der Waals surface area contributed by atoms with E-state index in [4.69, 9.17) is 5.73 Å². The van der Waals surface area contributed by atoms with Gasteiger partial charge in [0.2, 0.25) is 0 Å². The van der Waals surface area contributed by atoms with Crippen molar-refractivity contribution in [3.05, 3.63) is 35.9 Å². The Morgan fingerprint density at radius 2 is 2.16 bits per heavy atom. The number of aryl methyl sites for hydroxylation is 1. The monoisotopic (exact) mass is 262 g/mol. The summed E-state index contributed by atoms with van der Waals surface area (Å²) in [6.07, 6.45) is 2.89. The summed E-state index contributed by atoms with van der Waals surface area (Å²) in [5.74, 6) is 0.373. The number of rotatable bonds is 5. The number of halogens is 1. The van der Waals surface area contributed by atoms with Gasteiger partial charge in [0.05, 0.1) is 11.2 Å². The van der Waals surface area contributed by atoms with E-state index in [0.29, 0.717) is 17.3 Å². The Labute approximate surface area is 115 Å². The Morgan fingerprint density at radius 1 is 1.53 bits per heavy atom. The number of hydrogen-bond donors (Lipinski definition) is 1. The molecule has 1 saturated carbocycles. The lowest BCUT2D eigenvalue weighted by atomic mass is 9.83. The van der Waals surface area contributed by atoms with E-state index in [2.05, 4.69) is 6.58 Å². The Bertz CT molecular complexity index is 494. The van der Waals surface area contributed by atoms with Gasteiger partial charge in [-0.3, -0.25) is 0 Å². The first-order valence-corrected chi connectivity index (χ1v) is 6.91. The summed E-state index contributed by atoms with van der Waals surface area (Å²) in [6, 6.07) is 5.33. The molecule has 2 rings (SSSR count). The lowest BCUT2D eigenvalue weighted by molar-refractivity contribution is 0.254. The summed E-state index contributed by atoms with van der Waals surface area (Å²) in [6.45, 7) is 9.90. The standard InChI is InChI=1S/C16H23FN2/c1-5-16(11(2)3,13-6-7-13)19(17)14-8-9-15(18)12(4)10-14/h8-10,13H,2,5-7,18H2,1,3-4H3. The molecule has 0 amide bonds. The van der Waals surface area contributed by atoms with Gasteiger partial charge in [0.15, 0.2) is 0 Å². The Balaban J connectivity index is 2.41. The van der Waals surface area contributed by atoms with Gasteiger partial charge in [0, 0.05) is 5.69 Å². The second-order valence-corrected chi connectivity index (χ2v) is 5.65. The molecule has 3 heteroatoms. The second kappa shape index (κ2) is 4.87. The van der Waals surface area contributed by atoms with Crippen molar-refractivity contribution in [2.75, 3.05) is 10.9 Å². The molecule has 0 bridgehead atoms. The fourth-order valence-corrected chi connectivity index (χ4v) is 2.98. The van der Waals surface area contributed by atoms with Crippen LogP contribution in [0.25, 0.3) is 0 Å². The number of nitrogen functional groups attached to an aromatic ring is 1. The molecule has 1 unspecified atom stereocenters. The van der Waals surface area contributed by atoms with E-state index < -0.39 is 5.54 Å². The van der Waals surface area contributed by atoms with E-state index in [1.807, 2.05) is 26.8 Å². The molecule has 0 aliphatic heterocycles. The fraction of sp³-hybridized carbons (Fsp3) is 0.500. The van der Waals surface area contributed by atoms with Crippen molar-refractivity contribution in [3.8, 4) is 0 Å². The summed E-state index contributed by atoms with van der Waals surface area (Å²) >= 11 is 0. The smallest absolute Gasteiger partial charge is 0.0952 e. The van der Waals surface area contributed by atoms with Crippen LogP contribution in [0.4, 0.5) is 15.9 Å². The summed E-state index contributed by atoms with van der Waals surface area (Å²) in [7, 11) is 0. The Kier molecular flexibility index (Phi) is 3.57. The topological polar surface area (TPSA) is 29.3 Å². The third-order valence-corrected chi connectivity index (χ3v) is 4.36. The van der Waals surface area contributed by atoms with Crippen molar-refractivity contribution < 1.29 is 4.48 Å². The zero-order valence-corrected chi connectivity index (χ0v) is 12.0. The molecular formula is C16H23FN2. The molecule has 0 aromatic heterocycles. The third kappa shape index (κ3) is 2.22. The number of hydrogen-bond acceptors (Lipinski definition) is 2. The molecule has 1 fully saturated rings. The fourth-order valence-electron chi connectivity index (χ4n) is 2.98. The molecule has 19 heavy (non-hydrogen) atoms.